The number of carbonyl (C=O) groups is 1. The van der Waals surface area contributed by atoms with Crippen LogP contribution in [0.3, 0.4) is 0 Å². The first-order chi connectivity index (χ1) is 12.1. The molecule has 0 radical (unpaired) electrons. The first-order valence-corrected chi connectivity index (χ1v) is 9.17. The molecular formula is C18H24N4O3. The van der Waals surface area contributed by atoms with Crippen LogP contribution < -0.4 is 5.32 Å². The summed E-state index contributed by atoms with van der Waals surface area (Å²) in [6, 6.07) is 1.74. The zero-order valence-corrected chi connectivity index (χ0v) is 14.6. The molecule has 2 aromatic heterocycles. The van der Waals surface area contributed by atoms with Crippen molar-refractivity contribution in [1.29, 1.82) is 0 Å². The van der Waals surface area contributed by atoms with Crippen LogP contribution in [0.4, 0.5) is 0 Å². The molecule has 1 spiro atoms. The Balaban J connectivity index is 1.21. The van der Waals surface area contributed by atoms with E-state index < -0.39 is 0 Å². The molecule has 134 valence electrons. The Labute approximate surface area is 146 Å². The van der Waals surface area contributed by atoms with Crippen LogP contribution in [0.25, 0.3) is 11.6 Å². The minimum Gasteiger partial charge on any atom is -0.419 e. The molecule has 2 aliphatic carbocycles. The van der Waals surface area contributed by atoms with Crippen LogP contribution >= 0.6 is 0 Å². The quantitative estimate of drug-likeness (QED) is 0.865. The molecule has 2 aromatic rings. The summed E-state index contributed by atoms with van der Waals surface area (Å²) in [6.45, 7) is 2.61. The van der Waals surface area contributed by atoms with Crippen molar-refractivity contribution >= 4 is 5.91 Å². The monoisotopic (exact) mass is 344 g/mol. The predicted molar refractivity (Wildman–Crippen MR) is 89.5 cm³/mol. The second-order valence-electron chi connectivity index (χ2n) is 7.45. The second kappa shape index (κ2) is 6.61. The summed E-state index contributed by atoms with van der Waals surface area (Å²) in [5.74, 6) is 2.19. The number of amides is 1. The largest absolute Gasteiger partial charge is 0.419 e. The van der Waals surface area contributed by atoms with Crippen molar-refractivity contribution in [2.24, 2.45) is 11.3 Å². The number of hydrogen-bond acceptors (Lipinski definition) is 6. The lowest BCUT2D eigenvalue weighted by Gasteiger charge is -2.22. The van der Waals surface area contributed by atoms with E-state index in [-0.39, 0.29) is 5.91 Å². The van der Waals surface area contributed by atoms with Gasteiger partial charge in [-0.05, 0) is 37.5 Å². The number of aromatic nitrogens is 3. The van der Waals surface area contributed by atoms with Gasteiger partial charge < -0.3 is 14.3 Å². The highest BCUT2D eigenvalue weighted by atomic mass is 16.5. The molecule has 7 heteroatoms. The van der Waals surface area contributed by atoms with Crippen LogP contribution in [0.1, 0.15) is 56.6 Å². The molecule has 0 bridgehead atoms. The Bertz CT molecular complexity index is 745. The van der Waals surface area contributed by atoms with E-state index in [0.717, 1.165) is 6.54 Å². The van der Waals surface area contributed by atoms with Crippen molar-refractivity contribution in [3.63, 3.8) is 0 Å². The van der Waals surface area contributed by atoms with E-state index in [1.165, 1.54) is 38.5 Å². The van der Waals surface area contributed by atoms with E-state index in [1.807, 2.05) is 0 Å². The van der Waals surface area contributed by atoms with Crippen LogP contribution in [-0.4, -0.2) is 27.8 Å². The molecule has 4 rings (SSSR count). The Morgan fingerprint density at radius 3 is 2.92 bits per heavy atom. The molecule has 1 amide bonds. The smallest absolute Gasteiger partial charge is 0.269 e. The maximum Gasteiger partial charge on any atom is 0.269 e. The third-order valence-electron chi connectivity index (χ3n) is 5.63. The van der Waals surface area contributed by atoms with E-state index in [1.54, 1.807) is 13.0 Å². The molecule has 25 heavy (non-hydrogen) atoms. The van der Waals surface area contributed by atoms with Gasteiger partial charge >= 0.3 is 0 Å². The predicted octanol–water partition coefficient (Wildman–Crippen LogP) is 3.05. The van der Waals surface area contributed by atoms with Crippen molar-refractivity contribution in [2.45, 2.75) is 58.3 Å². The Kier molecular flexibility index (Phi) is 4.31. The van der Waals surface area contributed by atoms with E-state index in [2.05, 4.69) is 20.7 Å². The van der Waals surface area contributed by atoms with Gasteiger partial charge in [-0.25, -0.2) is 0 Å². The fourth-order valence-corrected chi connectivity index (χ4v) is 4.06. The summed E-state index contributed by atoms with van der Waals surface area (Å²) in [6.07, 6.45) is 8.87. The number of aryl methyl sites for hydroxylation is 2. The minimum atomic E-state index is 0.0508. The molecule has 7 nitrogen and oxygen atoms in total. The summed E-state index contributed by atoms with van der Waals surface area (Å²) in [7, 11) is 0. The highest BCUT2D eigenvalue weighted by Gasteiger charge is 2.53. The number of nitrogens with one attached hydrogen (secondary N) is 1. The van der Waals surface area contributed by atoms with Gasteiger partial charge in [0.1, 0.15) is 5.76 Å². The van der Waals surface area contributed by atoms with Crippen LogP contribution in [-0.2, 0) is 11.2 Å². The average Bonchev–Trinajstić information content (AvgIpc) is 2.97. The molecule has 0 aliphatic heterocycles. The van der Waals surface area contributed by atoms with Crippen LogP contribution in [0.2, 0.25) is 0 Å². The lowest BCUT2D eigenvalue weighted by molar-refractivity contribution is -0.121. The summed E-state index contributed by atoms with van der Waals surface area (Å²) in [5.41, 5.74) is 1.08. The molecule has 1 N–H and O–H groups in total. The Morgan fingerprint density at radius 2 is 2.16 bits per heavy atom. The van der Waals surface area contributed by atoms with Crippen molar-refractivity contribution in [3.8, 4) is 11.6 Å². The van der Waals surface area contributed by atoms with Gasteiger partial charge in [-0.1, -0.05) is 24.4 Å². The zero-order valence-electron chi connectivity index (χ0n) is 14.6. The van der Waals surface area contributed by atoms with Crippen molar-refractivity contribution in [3.05, 3.63) is 17.7 Å². The van der Waals surface area contributed by atoms with E-state index >= 15 is 0 Å². The SMILES string of the molecule is Cc1cc(-c2nnc(CCC(=O)NCC3CC34CCCCC4)o2)no1. The zero-order chi connectivity index (χ0) is 17.3. The van der Waals surface area contributed by atoms with Gasteiger partial charge in [0.05, 0.1) is 0 Å². The maximum absolute atomic E-state index is 12.1. The molecular weight excluding hydrogens is 320 g/mol. The van der Waals surface area contributed by atoms with Gasteiger partial charge in [0.15, 0.2) is 5.69 Å². The topological polar surface area (TPSA) is 94.1 Å². The number of rotatable bonds is 6. The van der Waals surface area contributed by atoms with Gasteiger partial charge in [-0.15, -0.1) is 10.2 Å². The van der Waals surface area contributed by atoms with Crippen LogP contribution in [0, 0.1) is 18.3 Å². The number of carbonyl (C=O) groups excluding carboxylic acids is 1. The molecule has 1 atom stereocenters. The fraction of sp³-hybridized carbons (Fsp3) is 0.667. The number of hydrogen-bond donors (Lipinski definition) is 1. The second-order valence-corrected chi connectivity index (χ2v) is 7.45. The molecule has 2 heterocycles. The van der Waals surface area contributed by atoms with Gasteiger partial charge in [0.25, 0.3) is 5.89 Å². The van der Waals surface area contributed by atoms with Crippen molar-refractivity contribution in [1.82, 2.24) is 20.7 Å². The first kappa shape index (κ1) is 16.3. The third kappa shape index (κ3) is 3.60. The molecule has 2 saturated carbocycles. The van der Waals surface area contributed by atoms with E-state index in [0.29, 0.717) is 47.4 Å². The molecule has 0 saturated heterocycles. The average molecular weight is 344 g/mol. The van der Waals surface area contributed by atoms with Crippen molar-refractivity contribution in [2.75, 3.05) is 6.54 Å². The molecule has 2 fully saturated rings. The van der Waals surface area contributed by atoms with Gasteiger partial charge in [0, 0.05) is 25.5 Å². The fourth-order valence-electron chi connectivity index (χ4n) is 4.06. The lowest BCUT2D eigenvalue weighted by Crippen LogP contribution is -2.27. The number of nitrogens with zero attached hydrogens (tertiary/aromatic N) is 3. The van der Waals surface area contributed by atoms with Gasteiger partial charge in [0.2, 0.25) is 11.8 Å². The van der Waals surface area contributed by atoms with Crippen molar-refractivity contribution < 1.29 is 13.7 Å². The summed E-state index contributed by atoms with van der Waals surface area (Å²) in [4.78, 5) is 12.1. The third-order valence-corrected chi connectivity index (χ3v) is 5.63. The van der Waals surface area contributed by atoms with Gasteiger partial charge in [-0.2, -0.15) is 0 Å². The summed E-state index contributed by atoms with van der Waals surface area (Å²) >= 11 is 0. The highest BCUT2D eigenvalue weighted by Crippen LogP contribution is 2.60. The molecule has 0 aromatic carbocycles. The standard InChI is InChI=1S/C18H24N4O3/c1-12-9-14(22-25-12)17-21-20-16(24-17)6-5-15(23)19-11-13-10-18(13)7-3-2-4-8-18/h9,13H,2-8,10-11H2,1H3,(H,19,23). The Hall–Kier alpha value is -2.18. The van der Waals surface area contributed by atoms with E-state index in [9.17, 15) is 4.79 Å². The lowest BCUT2D eigenvalue weighted by atomic mass is 9.84. The highest BCUT2D eigenvalue weighted by molar-refractivity contribution is 5.76. The summed E-state index contributed by atoms with van der Waals surface area (Å²) in [5, 5.41) is 14.8. The molecule has 2 aliphatic rings. The Morgan fingerprint density at radius 1 is 1.32 bits per heavy atom. The minimum absolute atomic E-state index is 0.0508. The van der Waals surface area contributed by atoms with Crippen LogP contribution in [0.5, 0.6) is 0 Å². The van der Waals surface area contributed by atoms with E-state index in [4.69, 9.17) is 8.94 Å². The first-order valence-electron chi connectivity index (χ1n) is 9.17. The van der Waals surface area contributed by atoms with Gasteiger partial charge in [-0.3, -0.25) is 4.79 Å². The van der Waals surface area contributed by atoms with Crippen LogP contribution in [0.15, 0.2) is 15.0 Å². The maximum atomic E-state index is 12.1. The summed E-state index contributed by atoms with van der Waals surface area (Å²) < 4.78 is 10.5. The normalized spacial score (nSPS) is 21.4. The molecule has 1 unspecified atom stereocenters.